The Bertz CT molecular complexity index is 1050. The summed E-state index contributed by atoms with van der Waals surface area (Å²) in [6.45, 7) is 7.80. The van der Waals surface area contributed by atoms with E-state index in [4.69, 9.17) is 14.2 Å². The molecule has 0 saturated carbocycles. The summed E-state index contributed by atoms with van der Waals surface area (Å²) in [4.78, 5) is 21.4. The van der Waals surface area contributed by atoms with Gasteiger partial charge in [0.15, 0.2) is 0 Å². The van der Waals surface area contributed by atoms with Crippen molar-refractivity contribution in [1.29, 1.82) is 0 Å². The maximum Gasteiger partial charge on any atom is 0.343 e. The predicted octanol–water partition coefficient (Wildman–Crippen LogP) is 7.53. The Hall–Kier alpha value is -3.41. The molecule has 1 atom stereocenters. The second-order valence-electron chi connectivity index (χ2n) is 9.10. The quantitative estimate of drug-likeness (QED) is 0.125. The lowest BCUT2D eigenvalue weighted by atomic mass is 10.1. The molecule has 1 unspecified atom stereocenters. The average Bonchev–Trinajstić information content (AvgIpc) is 2.92. The van der Waals surface area contributed by atoms with Gasteiger partial charge in [-0.15, -0.1) is 0 Å². The maximum atomic E-state index is 12.9. The highest BCUT2D eigenvalue weighted by Gasteiger charge is 2.16. The molecule has 0 saturated heterocycles. The molecule has 0 aliphatic heterocycles. The summed E-state index contributed by atoms with van der Waals surface area (Å²) in [5, 5.41) is 0. The molecule has 36 heavy (non-hydrogen) atoms. The molecule has 0 amide bonds. The van der Waals surface area contributed by atoms with Crippen LogP contribution in [-0.4, -0.2) is 29.2 Å². The molecule has 6 nitrogen and oxygen atoms in total. The number of benzene rings is 2. The van der Waals surface area contributed by atoms with E-state index in [2.05, 4.69) is 30.7 Å². The third-order valence-electron chi connectivity index (χ3n) is 6.08. The standard InChI is InChI=1S/C30H38N2O4/c1-4-6-7-8-9-10-19-34-25-13-11-24(12-14-25)30(33)36-29-16-15-26(35-22-23(3)5-2)20-27(29)28-21-31-17-18-32-28/h11-18,20-21,23H,4-10,19,22H2,1-3H3. The first-order chi connectivity index (χ1) is 17.6. The highest BCUT2D eigenvalue weighted by Crippen LogP contribution is 2.33. The molecule has 0 aliphatic rings. The minimum absolute atomic E-state index is 0.403. The third-order valence-corrected chi connectivity index (χ3v) is 6.08. The van der Waals surface area contributed by atoms with Gasteiger partial charge in [-0.2, -0.15) is 0 Å². The van der Waals surface area contributed by atoms with Gasteiger partial charge in [-0.3, -0.25) is 9.97 Å². The van der Waals surface area contributed by atoms with Crippen LogP contribution in [0.5, 0.6) is 17.2 Å². The molecular weight excluding hydrogens is 452 g/mol. The number of hydrogen-bond acceptors (Lipinski definition) is 6. The van der Waals surface area contributed by atoms with Crippen molar-refractivity contribution in [2.24, 2.45) is 5.92 Å². The number of hydrogen-bond donors (Lipinski definition) is 0. The monoisotopic (exact) mass is 490 g/mol. The summed E-state index contributed by atoms with van der Waals surface area (Å²) in [7, 11) is 0. The largest absolute Gasteiger partial charge is 0.494 e. The van der Waals surface area contributed by atoms with Crippen LogP contribution in [0.4, 0.5) is 0 Å². The van der Waals surface area contributed by atoms with E-state index in [9.17, 15) is 4.79 Å². The van der Waals surface area contributed by atoms with Crippen LogP contribution in [0.2, 0.25) is 0 Å². The number of carbonyl (C=O) groups excluding carboxylic acids is 1. The van der Waals surface area contributed by atoms with E-state index >= 15 is 0 Å². The van der Waals surface area contributed by atoms with Crippen molar-refractivity contribution in [2.75, 3.05) is 13.2 Å². The molecule has 0 spiro atoms. The average molecular weight is 491 g/mol. The van der Waals surface area contributed by atoms with Gasteiger partial charge in [0.1, 0.15) is 17.2 Å². The predicted molar refractivity (Wildman–Crippen MR) is 143 cm³/mol. The van der Waals surface area contributed by atoms with Gasteiger partial charge < -0.3 is 14.2 Å². The summed E-state index contributed by atoms with van der Waals surface area (Å²) in [6.07, 6.45) is 13.2. The SMILES string of the molecule is CCCCCCCCOc1ccc(C(=O)Oc2ccc(OCC(C)CC)cc2-c2cnccn2)cc1. The molecule has 0 aliphatic carbocycles. The smallest absolute Gasteiger partial charge is 0.343 e. The molecule has 0 bridgehead atoms. The molecule has 1 heterocycles. The van der Waals surface area contributed by atoms with Crippen molar-refractivity contribution in [3.63, 3.8) is 0 Å². The van der Waals surface area contributed by atoms with E-state index in [1.807, 2.05) is 24.3 Å². The molecule has 3 rings (SSSR count). The molecule has 0 N–H and O–H groups in total. The second-order valence-corrected chi connectivity index (χ2v) is 9.10. The highest BCUT2D eigenvalue weighted by molar-refractivity contribution is 5.92. The molecule has 192 valence electrons. The number of aromatic nitrogens is 2. The maximum absolute atomic E-state index is 12.9. The Labute approximate surface area is 215 Å². The van der Waals surface area contributed by atoms with Crippen LogP contribution in [0.1, 0.15) is 76.1 Å². The Morgan fingerprint density at radius 2 is 1.64 bits per heavy atom. The van der Waals surface area contributed by atoms with Gasteiger partial charge in [0.25, 0.3) is 0 Å². The van der Waals surface area contributed by atoms with Crippen molar-refractivity contribution in [1.82, 2.24) is 9.97 Å². The van der Waals surface area contributed by atoms with Gasteiger partial charge in [-0.1, -0.05) is 59.3 Å². The normalized spacial score (nSPS) is 11.6. The fraction of sp³-hybridized carbons (Fsp3) is 0.433. The summed E-state index contributed by atoms with van der Waals surface area (Å²) >= 11 is 0. The first-order valence-electron chi connectivity index (χ1n) is 13.1. The highest BCUT2D eigenvalue weighted by atomic mass is 16.5. The van der Waals surface area contributed by atoms with Gasteiger partial charge in [-0.05, 0) is 54.8 Å². The Kier molecular flexibility index (Phi) is 11.2. The van der Waals surface area contributed by atoms with Gasteiger partial charge in [0, 0.05) is 18.0 Å². The number of nitrogens with zero attached hydrogens (tertiary/aromatic N) is 2. The van der Waals surface area contributed by atoms with Crippen molar-refractivity contribution in [2.45, 2.75) is 65.7 Å². The van der Waals surface area contributed by atoms with Crippen LogP contribution >= 0.6 is 0 Å². The van der Waals surface area contributed by atoms with E-state index in [0.717, 1.165) is 18.6 Å². The number of esters is 1. The number of unbranched alkanes of at least 4 members (excludes halogenated alkanes) is 5. The lowest BCUT2D eigenvalue weighted by Gasteiger charge is -2.14. The lowest BCUT2D eigenvalue weighted by molar-refractivity contribution is 0.0735. The molecule has 0 fully saturated rings. The van der Waals surface area contributed by atoms with E-state index in [1.54, 1.807) is 36.8 Å². The molecule has 3 aromatic rings. The zero-order valence-electron chi connectivity index (χ0n) is 21.7. The van der Waals surface area contributed by atoms with E-state index in [1.165, 1.54) is 32.1 Å². The summed E-state index contributed by atoms with van der Waals surface area (Å²) in [5.41, 5.74) is 1.70. The van der Waals surface area contributed by atoms with Crippen LogP contribution in [0.15, 0.2) is 61.1 Å². The topological polar surface area (TPSA) is 70.5 Å². The van der Waals surface area contributed by atoms with Crippen LogP contribution in [-0.2, 0) is 0 Å². The van der Waals surface area contributed by atoms with E-state index in [0.29, 0.717) is 47.5 Å². The van der Waals surface area contributed by atoms with Crippen molar-refractivity contribution < 1.29 is 19.0 Å². The van der Waals surface area contributed by atoms with Gasteiger partial charge in [0.2, 0.25) is 0 Å². The van der Waals surface area contributed by atoms with Crippen molar-refractivity contribution in [3.05, 3.63) is 66.6 Å². The van der Waals surface area contributed by atoms with Crippen LogP contribution < -0.4 is 14.2 Å². The first-order valence-corrected chi connectivity index (χ1v) is 13.1. The fourth-order valence-electron chi connectivity index (χ4n) is 3.60. The van der Waals surface area contributed by atoms with Gasteiger partial charge in [0.05, 0.1) is 30.7 Å². The van der Waals surface area contributed by atoms with Crippen molar-refractivity contribution in [3.8, 4) is 28.5 Å². The molecule has 1 aromatic heterocycles. The van der Waals surface area contributed by atoms with Gasteiger partial charge >= 0.3 is 5.97 Å². The lowest BCUT2D eigenvalue weighted by Crippen LogP contribution is -2.10. The van der Waals surface area contributed by atoms with E-state index in [-0.39, 0.29) is 0 Å². The second kappa shape index (κ2) is 14.9. The van der Waals surface area contributed by atoms with E-state index < -0.39 is 5.97 Å². The zero-order chi connectivity index (χ0) is 25.6. The Morgan fingerprint density at radius 1 is 0.889 bits per heavy atom. The van der Waals surface area contributed by atoms with Gasteiger partial charge in [-0.25, -0.2) is 4.79 Å². The molecule has 6 heteroatoms. The first kappa shape index (κ1) is 27.2. The number of carbonyl (C=O) groups is 1. The number of ether oxygens (including phenoxy) is 3. The third kappa shape index (κ3) is 8.67. The minimum Gasteiger partial charge on any atom is -0.494 e. The molecule has 0 radical (unpaired) electrons. The van der Waals surface area contributed by atoms with Crippen molar-refractivity contribution >= 4 is 5.97 Å². The van der Waals surface area contributed by atoms with Crippen LogP contribution in [0, 0.1) is 5.92 Å². The molecule has 2 aromatic carbocycles. The Balaban J connectivity index is 1.62. The van der Waals surface area contributed by atoms with Crippen LogP contribution in [0.3, 0.4) is 0 Å². The zero-order valence-corrected chi connectivity index (χ0v) is 21.7. The van der Waals surface area contributed by atoms with Crippen LogP contribution in [0.25, 0.3) is 11.3 Å². The Morgan fingerprint density at radius 3 is 2.36 bits per heavy atom. The summed E-state index contributed by atoms with van der Waals surface area (Å²) in [6, 6.07) is 12.5. The minimum atomic E-state index is -0.448. The number of rotatable bonds is 15. The molecular formula is C30H38N2O4. The summed E-state index contributed by atoms with van der Waals surface area (Å²) in [5.74, 6) is 1.85. The fourth-order valence-corrected chi connectivity index (χ4v) is 3.60. The summed E-state index contributed by atoms with van der Waals surface area (Å²) < 4.78 is 17.5.